The number of rotatable bonds is 4. The van der Waals surface area contributed by atoms with Gasteiger partial charge in [0.25, 0.3) is 0 Å². The van der Waals surface area contributed by atoms with Crippen LogP contribution in [-0.4, -0.2) is 18.6 Å². The lowest BCUT2D eigenvalue weighted by molar-refractivity contribution is -0.145. The van der Waals surface area contributed by atoms with Crippen molar-refractivity contribution < 1.29 is 14.1 Å². The van der Waals surface area contributed by atoms with Gasteiger partial charge in [0.1, 0.15) is 6.54 Å². The fourth-order valence-electron chi connectivity index (χ4n) is 0.401. The molecular formula is C5H10NO3P. The third kappa shape index (κ3) is 5.66. The molecule has 4 nitrogen and oxygen atoms in total. The summed E-state index contributed by atoms with van der Waals surface area (Å²) in [6.07, 6.45) is -0.113. The van der Waals surface area contributed by atoms with Crippen molar-refractivity contribution in [2.24, 2.45) is 0 Å². The molecule has 5 heteroatoms. The lowest BCUT2D eigenvalue weighted by atomic mass is 10.5. The zero-order valence-electron chi connectivity index (χ0n) is 5.96. The molecule has 0 aliphatic carbocycles. The fraction of sp³-hybridized carbons (Fsp3) is 0.800. The van der Waals surface area contributed by atoms with Crippen LogP contribution in [0.3, 0.4) is 0 Å². The maximum absolute atomic E-state index is 10.6. The van der Waals surface area contributed by atoms with E-state index in [1.54, 1.807) is 13.8 Å². The number of carbonyl (C=O) groups excluding carboxylic acids is 1. The summed E-state index contributed by atoms with van der Waals surface area (Å²) in [7, 11) is -0.249. The second-order valence-corrected chi connectivity index (χ2v) is 2.46. The highest BCUT2D eigenvalue weighted by Gasteiger charge is 2.02. The minimum absolute atomic E-state index is 0.0107. The minimum Gasteiger partial charge on any atom is -0.462 e. The summed E-state index contributed by atoms with van der Waals surface area (Å²) in [6, 6.07) is 0. The highest BCUT2D eigenvalue weighted by Crippen LogP contribution is 1.88. The molecule has 0 aromatic heterocycles. The molecule has 0 saturated heterocycles. The number of hydrogen-bond donors (Lipinski definition) is 1. The summed E-state index contributed by atoms with van der Waals surface area (Å²) >= 11 is 0. The number of nitrogens with one attached hydrogen (secondary N) is 1. The molecule has 1 N–H and O–H groups in total. The van der Waals surface area contributed by atoms with E-state index in [-0.39, 0.29) is 21.3 Å². The van der Waals surface area contributed by atoms with Crippen molar-refractivity contribution in [2.75, 3.05) is 6.54 Å². The quantitative estimate of drug-likeness (QED) is 0.490. The predicted molar refractivity (Wildman–Crippen MR) is 36.8 cm³/mol. The molecule has 0 bridgehead atoms. The van der Waals surface area contributed by atoms with Gasteiger partial charge in [0.05, 0.1) is 6.10 Å². The second kappa shape index (κ2) is 5.33. The van der Waals surface area contributed by atoms with E-state index in [0.717, 1.165) is 0 Å². The van der Waals surface area contributed by atoms with Crippen LogP contribution < -0.4 is 5.09 Å². The predicted octanol–water partition coefficient (Wildman–Crippen LogP) is 0.734. The van der Waals surface area contributed by atoms with Crippen LogP contribution in [0.25, 0.3) is 0 Å². The van der Waals surface area contributed by atoms with Gasteiger partial charge in [-0.2, -0.15) is 0 Å². The molecule has 0 saturated carbocycles. The highest BCUT2D eigenvalue weighted by atomic mass is 31.1. The molecule has 0 aliphatic heterocycles. The van der Waals surface area contributed by atoms with E-state index in [1.807, 2.05) is 0 Å². The van der Waals surface area contributed by atoms with Gasteiger partial charge in [0.15, 0.2) is 0 Å². The average Bonchev–Trinajstić information content (AvgIpc) is 1.82. The van der Waals surface area contributed by atoms with Crippen LogP contribution in [0.15, 0.2) is 0 Å². The highest BCUT2D eigenvalue weighted by molar-refractivity contribution is 7.21. The Morgan fingerprint density at radius 2 is 2.30 bits per heavy atom. The monoisotopic (exact) mass is 163 g/mol. The minimum atomic E-state index is -0.390. The van der Waals surface area contributed by atoms with Crippen LogP contribution in [-0.2, 0) is 14.1 Å². The summed E-state index contributed by atoms with van der Waals surface area (Å²) < 4.78 is 14.5. The molecule has 0 aromatic rings. The topological polar surface area (TPSA) is 55.4 Å². The van der Waals surface area contributed by atoms with Crippen molar-refractivity contribution in [1.29, 1.82) is 0 Å². The standard InChI is InChI=1S/C5H10NO3P/c1-4(2)9-5(7)3-6-10-8/h4H,3H2,1-2H3,(H,6,8). The van der Waals surface area contributed by atoms with E-state index in [9.17, 15) is 9.36 Å². The number of ether oxygens (including phenoxy) is 1. The summed E-state index contributed by atoms with van der Waals surface area (Å²) in [5, 5.41) is 2.30. The molecule has 0 atom stereocenters. The third-order valence-corrected chi connectivity index (χ3v) is 0.942. The Kier molecular flexibility index (Phi) is 5.08. The maximum Gasteiger partial charge on any atom is 0.320 e. The number of hydrogen-bond acceptors (Lipinski definition) is 3. The molecule has 0 heterocycles. The van der Waals surface area contributed by atoms with E-state index in [2.05, 4.69) is 5.09 Å². The van der Waals surface area contributed by atoms with Gasteiger partial charge in [0, 0.05) is 0 Å². The summed E-state index contributed by atoms with van der Waals surface area (Å²) in [4.78, 5) is 10.6. The Labute approximate surface area is 61.2 Å². The molecule has 0 rings (SSSR count). The molecule has 0 amide bonds. The SMILES string of the molecule is CC(C)OC(=O)CNP=O. The van der Waals surface area contributed by atoms with E-state index in [4.69, 9.17) is 4.74 Å². The summed E-state index contributed by atoms with van der Waals surface area (Å²) in [5.41, 5.74) is 0. The summed E-state index contributed by atoms with van der Waals surface area (Å²) in [6.45, 7) is 3.50. The largest absolute Gasteiger partial charge is 0.462 e. The van der Waals surface area contributed by atoms with Gasteiger partial charge in [-0.25, -0.2) is 5.09 Å². The summed E-state index contributed by atoms with van der Waals surface area (Å²) in [5.74, 6) is -0.390. The third-order valence-electron chi connectivity index (χ3n) is 0.655. The lowest BCUT2D eigenvalue weighted by Crippen LogP contribution is -2.20. The molecule has 10 heavy (non-hydrogen) atoms. The van der Waals surface area contributed by atoms with Gasteiger partial charge in [-0.05, 0) is 13.8 Å². The smallest absolute Gasteiger partial charge is 0.320 e. The van der Waals surface area contributed by atoms with E-state index in [0.29, 0.717) is 0 Å². The molecule has 0 spiro atoms. The zero-order chi connectivity index (χ0) is 7.98. The van der Waals surface area contributed by atoms with Crippen molar-refractivity contribution in [2.45, 2.75) is 20.0 Å². The van der Waals surface area contributed by atoms with Gasteiger partial charge >= 0.3 is 5.97 Å². The van der Waals surface area contributed by atoms with Crippen molar-refractivity contribution in [3.8, 4) is 0 Å². The molecule has 0 fully saturated rings. The molecule has 0 radical (unpaired) electrons. The Morgan fingerprint density at radius 1 is 1.70 bits per heavy atom. The Balaban J connectivity index is 3.34. The first-order chi connectivity index (χ1) is 4.66. The Bertz CT molecular complexity index is 126. The van der Waals surface area contributed by atoms with Crippen molar-refractivity contribution in [3.63, 3.8) is 0 Å². The molecule has 58 valence electrons. The van der Waals surface area contributed by atoms with E-state index in [1.165, 1.54) is 0 Å². The van der Waals surface area contributed by atoms with Crippen molar-refractivity contribution in [1.82, 2.24) is 5.09 Å². The Morgan fingerprint density at radius 3 is 2.70 bits per heavy atom. The van der Waals surface area contributed by atoms with Crippen LogP contribution in [0, 0.1) is 0 Å². The zero-order valence-corrected chi connectivity index (χ0v) is 6.85. The number of esters is 1. The first-order valence-corrected chi connectivity index (χ1v) is 3.72. The lowest BCUT2D eigenvalue weighted by Gasteiger charge is -2.05. The normalized spacial score (nSPS) is 10.3. The van der Waals surface area contributed by atoms with Crippen LogP contribution in [0.4, 0.5) is 0 Å². The Hall–Kier alpha value is -0.470. The molecular weight excluding hydrogens is 153 g/mol. The van der Waals surface area contributed by atoms with Crippen molar-refractivity contribution in [3.05, 3.63) is 0 Å². The van der Waals surface area contributed by atoms with Gasteiger partial charge in [-0.1, -0.05) is 0 Å². The average molecular weight is 163 g/mol. The van der Waals surface area contributed by atoms with Gasteiger partial charge in [0.2, 0.25) is 8.61 Å². The maximum atomic E-state index is 10.6. The fourth-order valence-corrected chi connectivity index (χ4v) is 0.595. The molecule has 0 unspecified atom stereocenters. The van der Waals surface area contributed by atoms with Crippen LogP contribution in [0.1, 0.15) is 13.8 Å². The molecule has 0 aromatic carbocycles. The van der Waals surface area contributed by atoms with Gasteiger partial charge < -0.3 is 4.74 Å². The molecule has 0 aliphatic rings. The van der Waals surface area contributed by atoms with Gasteiger partial charge in [-0.3, -0.25) is 9.36 Å². The first kappa shape index (κ1) is 9.53. The first-order valence-electron chi connectivity index (χ1n) is 2.91. The second-order valence-electron chi connectivity index (χ2n) is 1.96. The van der Waals surface area contributed by atoms with E-state index < -0.39 is 5.97 Å². The van der Waals surface area contributed by atoms with Crippen LogP contribution >= 0.6 is 8.61 Å². The van der Waals surface area contributed by atoms with E-state index >= 15 is 0 Å². The number of carbonyl (C=O) groups is 1. The van der Waals surface area contributed by atoms with Crippen LogP contribution in [0.5, 0.6) is 0 Å². The van der Waals surface area contributed by atoms with Gasteiger partial charge in [-0.15, -0.1) is 0 Å². The van der Waals surface area contributed by atoms with Crippen molar-refractivity contribution >= 4 is 14.6 Å². The van der Waals surface area contributed by atoms with Crippen LogP contribution in [0.2, 0.25) is 0 Å².